The van der Waals surface area contributed by atoms with Gasteiger partial charge in [-0.2, -0.15) is 11.1 Å². The molecule has 0 bridgehead atoms. The van der Waals surface area contributed by atoms with Crippen LogP contribution in [0.3, 0.4) is 0 Å². The molecule has 2 fully saturated rings. The standard InChI is InChI=1S/C12H25N5O2/c13-10(11(18)19)8-12(14-16-17-15-12)9-6-4-2-1-3-5-7-9/h9-10,14-17H,1-8,13H2,(H,18,19)/t10-/m0/s1. The summed E-state index contributed by atoms with van der Waals surface area (Å²) in [6, 6.07) is -0.868. The SMILES string of the molecule is N[C@@H](CC1(C2CCCCCCC2)NNNN1)C(=O)O. The molecule has 0 unspecified atom stereocenters. The van der Waals surface area contributed by atoms with Crippen LogP contribution in [0, 0.1) is 5.92 Å². The molecule has 7 nitrogen and oxygen atoms in total. The smallest absolute Gasteiger partial charge is 0.320 e. The Morgan fingerprint density at radius 3 is 2.21 bits per heavy atom. The monoisotopic (exact) mass is 271 g/mol. The number of nitrogens with one attached hydrogen (secondary N) is 4. The van der Waals surface area contributed by atoms with Crippen molar-refractivity contribution in [3.8, 4) is 0 Å². The number of hydrazine groups is 3. The van der Waals surface area contributed by atoms with Gasteiger partial charge in [0.15, 0.2) is 0 Å². The minimum atomic E-state index is -0.958. The van der Waals surface area contributed by atoms with E-state index < -0.39 is 17.7 Å². The van der Waals surface area contributed by atoms with Crippen LogP contribution < -0.4 is 27.7 Å². The molecule has 2 aliphatic rings. The summed E-state index contributed by atoms with van der Waals surface area (Å²) in [5.41, 5.74) is 17.2. The molecule has 19 heavy (non-hydrogen) atoms. The maximum atomic E-state index is 11.0. The molecule has 110 valence electrons. The van der Waals surface area contributed by atoms with Crippen molar-refractivity contribution in [3.05, 3.63) is 0 Å². The van der Waals surface area contributed by atoms with Crippen LogP contribution in [-0.4, -0.2) is 22.8 Å². The Morgan fingerprint density at radius 2 is 1.68 bits per heavy atom. The zero-order valence-electron chi connectivity index (χ0n) is 11.2. The van der Waals surface area contributed by atoms with Crippen LogP contribution >= 0.6 is 0 Å². The summed E-state index contributed by atoms with van der Waals surface area (Å²) in [7, 11) is 0. The van der Waals surface area contributed by atoms with E-state index in [4.69, 9.17) is 10.8 Å². The number of hydrogen-bond donors (Lipinski definition) is 6. The third kappa shape index (κ3) is 3.64. The van der Waals surface area contributed by atoms with E-state index in [-0.39, 0.29) is 0 Å². The minimum absolute atomic E-state index is 0.354. The summed E-state index contributed by atoms with van der Waals surface area (Å²) < 4.78 is 0. The average Bonchev–Trinajstić information content (AvgIpc) is 2.77. The molecule has 1 atom stereocenters. The lowest BCUT2D eigenvalue weighted by atomic mass is 9.79. The molecule has 2 rings (SSSR count). The number of rotatable bonds is 4. The second-order valence-electron chi connectivity index (χ2n) is 5.66. The van der Waals surface area contributed by atoms with Gasteiger partial charge in [0.1, 0.15) is 11.7 Å². The van der Waals surface area contributed by atoms with Crippen LogP contribution in [0.15, 0.2) is 0 Å². The van der Waals surface area contributed by atoms with Crippen LogP contribution in [0.4, 0.5) is 0 Å². The summed E-state index contributed by atoms with van der Waals surface area (Å²) >= 11 is 0. The van der Waals surface area contributed by atoms with Crippen LogP contribution in [0.25, 0.3) is 0 Å². The second-order valence-corrected chi connectivity index (χ2v) is 5.66. The first-order valence-electron chi connectivity index (χ1n) is 7.17. The summed E-state index contributed by atoms with van der Waals surface area (Å²) in [6.07, 6.45) is 8.76. The number of hydrogen-bond acceptors (Lipinski definition) is 6. The minimum Gasteiger partial charge on any atom is -0.480 e. The third-order valence-corrected chi connectivity index (χ3v) is 4.29. The van der Waals surface area contributed by atoms with Crippen LogP contribution in [-0.2, 0) is 4.79 Å². The van der Waals surface area contributed by atoms with Gasteiger partial charge in [-0.25, -0.2) is 10.9 Å². The molecular formula is C12H25N5O2. The van der Waals surface area contributed by atoms with Crippen molar-refractivity contribution < 1.29 is 9.90 Å². The number of carbonyl (C=O) groups is 1. The zero-order valence-corrected chi connectivity index (χ0v) is 11.2. The summed E-state index contributed by atoms with van der Waals surface area (Å²) in [5.74, 6) is -0.582. The normalized spacial score (nSPS) is 26.6. The van der Waals surface area contributed by atoms with E-state index in [2.05, 4.69) is 21.9 Å². The average molecular weight is 271 g/mol. The first kappa shape index (κ1) is 14.7. The van der Waals surface area contributed by atoms with E-state index >= 15 is 0 Å². The largest absolute Gasteiger partial charge is 0.480 e. The highest BCUT2D eigenvalue weighted by atomic mass is 16.4. The van der Waals surface area contributed by atoms with E-state index in [0.29, 0.717) is 12.3 Å². The van der Waals surface area contributed by atoms with Gasteiger partial charge in [-0.05, 0) is 18.8 Å². The molecular weight excluding hydrogens is 246 g/mol. The number of aliphatic carboxylic acids is 1. The van der Waals surface area contributed by atoms with Crippen molar-refractivity contribution in [3.63, 3.8) is 0 Å². The predicted molar refractivity (Wildman–Crippen MR) is 71.3 cm³/mol. The molecule has 1 heterocycles. The second kappa shape index (κ2) is 6.62. The maximum Gasteiger partial charge on any atom is 0.320 e. The van der Waals surface area contributed by atoms with Crippen molar-refractivity contribution in [2.24, 2.45) is 11.7 Å². The van der Waals surface area contributed by atoms with E-state index in [9.17, 15) is 4.79 Å². The highest BCUT2D eigenvalue weighted by Crippen LogP contribution is 2.32. The van der Waals surface area contributed by atoms with E-state index in [1.807, 2.05) is 0 Å². The van der Waals surface area contributed by atoms with Gasteiger partial charge >= 0.3 is 5.97 Å². The molecule has 1 aliphatic heterocycles. The van der Waals surface area contributed by atoms with Gasteiger partial charge in [0, 0.05) is 6.42 Å². The molecule has 1 aliphatic carbocycles. The Bertz CT molecular complexity index is 298. The van der Waals surface area contributed by atoms with Gasteiger partial charge in [0.25, 0.3) is 0 Å². The van der Waals surface area contributed by atoms with Crippen LogP contribution in [0.1, 0.15) is 51.4 Å². The fourth-order valence-corrected chi connectivity index (χ4v) is 3.17. The first-order chi connectivity index (χ1) is 9.14. The van der Waals surface area contributed by atoms with Gasteiger partial charge in [-0.15, -0.1) is 0 Å². The lowest BCUT2D eigenvalue weighted by Gasteiger charge is -2.38. The fraction of sp³-hybridized carbons (Fsp3) is 0.917. The predicted octanol–water partition coefficient (Wildman–Crippen LogP) is -0.0378. The van der Waals surface area contributed by atoms with Crippen LogP contribution in [0.2, 0.25) is 0 Å². The van der Waals surface area contributed by atoms with Gasteiger partial charge in [0.05, 0.1) is 0 Å². The van der Waals surface area contributed by atoms with Crippen molar-refractivity contribution in [2.75, 3.05) is 0 Å². The lowest BCUT2D eigenvalue weighted by molar-refractivity contribution is -0.139. The molecule has 0 amide bonds. The Kier molecular flexibility index (Phi) is 5.12. The molecule has 1 saturated heterocycles. The summed E-state index contributed by atoms with van der Waals surface area (Å²) in [5, 5.41) is 9.03. The van der Waals surface area contributed by atoms with Crippen molar-refractivity contribution >= 4 is 5.97 Å². The Balaban J connectivity index is 2.05. The van der Waals surface area contributed by atoms with Crippen molar-refractivity contribution in [1.29, 1.82) is 0 Å². The highest BCUT2D eigenvalue weighted by Gasteiger charge is 2.43. The number of carboxylic acid groups (broad SMARTS) is 1. The molecule has 0 radical (unpaired) electrons. The van der Waals surface area contributed by atoms with Crippen molar-refractivity contribution in [2.45, 2.75) is 63.1 Å². The van der Waals surface area contributed by atoms with Gasteiger partial charge in [-0.3, -0.25) is 4.79 Å². The molecule has 1 saturated carbocycles. The number of carboxylic acids is 1. The fourth-order valence-electron chi connectivity index (χ4n) is 3.17. The van der Waals surface area contributed by atoms with E-state index in [1.54, 1.807) is 0 Å². The highest BCUT2D eigenvalue weighted by molar-refractivity contribution is 5.73. The van der Waals surface area contributed by atoms with Gasteiger partial charge in [-0.1, -0.05) is 32.1 Å². The van der Waals surface area contributed by atoms with E-state index in [0.717, 1.165) is 12.8 Å². The zero-order chi connectivity index (χ0) is 13.7. The molecule has 0 aromatic rings. The third-order valence-electron chi connectivity index (χ3n) is 4.29. The van der Waals surface area contributed by atoms with Gasteiger partial charge < -0.3 is 10.8 Å². The maximum absolute atomic E-state index is 11.0. The van der Waals surface area contributed by atoms with Gasteiger partial charge in [0.2, 0.25) is 0 Å². The van der Waals surface area contributed by atoms with Crippen molar-refractivity contribution in [1.82, 2.24) is 21.9 Å². The Labute approximate surface area is 113 Å². The molecule has 7 N–H and O–H groups in total. The Morgan fingerprint density at radius 1 is 1.16 bits per heavy atom. The summed E-state index contributed by atoms with van der Waals surface area (Å²) in [6.45, 7) is 0. The van der Waals surface area contributed by atoms with Crippen LogP contribution in [0.5, 0.6) is 0 Å². The quantitative estimate of drug-likeness (QED) is 0.425. The molecule has 0 spiro atoms. The topological polar surface area (TPSA) is 111 Å². The first-order valence-corrected chi connectivity index (χ1v) is 7.17. The Hall–Kier alpha value is -0.730. The lowest BCUT2D eigenvalue weighted by Crippen LogP contribution is -2.60. The molecule has 0 aromatic carbocycles. The number of nitrogens with two attached hydrogens (primary N) is 1. The van der Waals surface area contributed by atoms with E-state index in [1.165, 1.54) is 32.1 Å². The summed E-state index contributed by atoms with van der Waals surface area (Å²) in [4.78, 5) is 11.0. The molecule has 7 heteroatoms. The molecule has 0 aromatic heterocycles.